The summed E-state index contributed by atoms with van der Waals surface area (Å²) >= 11 is 11.3. The molecule has 1 aromatic heterocycles. The molecule has 98 valence electrons. The lowest BCUT2D eigenvalue weighted by molar-refractivity contribution is 0.102. The van der Waals surface area contributed by atoms with Gasteiger partial charge < -0.3 is 11.1 Å². The van der Waals surface area contributed by atoms with Crippen molar-refractivity contribution in [3.05, 3.63) is 46.1 Å². The summed E-state index contributed by atoms with van der Waals surface area (Å²) in [6.45, 7) is 0. The van der Waals surface area contributed by atoms with Crippen molar-refractivity contribution in [1.82, 2.24) is 9.97 Å². The Morgan fingerprint density at radius 1 is 1.26 bits per heavy atom. The van der Waals surface area contributed by atoms with E-state index < -0.39 is 11.7 Å². The number of amides is 1. The van der Waals surface area contributed by atoms with Crippen LogP contribution in [0.4, 0.5) is 15.9 Å². The smallest absolute Gasteiger partial charge is 0.256 e. The number of benzene rings is 1. The highest BCUT2D eigenvalue weighted by Gasteiger charge is 2.10. The largest absolute Gasteiger partial charge is 0.396 e. The SMILES string of the molecule is Nc1cc(C(=O)Nc2cc(Cl)nc(Cl)n2)ccc1F. The lowest BCUT2D eigenvalue weighted by Crippen LogP contribution is -2.13. The van der Waals surface area contributed by atoms with E-state index in [1.54, 1.807) is 0 Å². The summed E-state index contributed by atoms with van der Waals surface area (Å²) in [5.41, 5.74) is 5.44. The first kappa shape index (κ1) is 13.5. The van der Waals surface area contributed by atoms with Crippen LogP contribution >= 0.6 is 23.2 Å². The number of anilines is 2. The van der Waals surface area contributed by atoms with Crippen LogP contribution in [0.15, 0.2) is 24.3 Å². The lowest BCUT2D eigenvalue weighted by Gasteiger charge is -2.06. The van der Waals surface area contributed by atoms with E-state index >= 15 is 0 Å². The monoisotopic (exact) mass is 300 g/mol. The fourth-order valence-electron chi connectivity index (χ4n) is 1.33. The summed E-state index contributed by atoms with van der Waals surface area (Å²) in [5, 5.41) is 2.45. The molecule has 3 N–H and O–H groups in total. The van der Waals surface area contributed by atoms with Gasteiger partial charge >= 0.3 is 0 Å². The van der Waals surface area contributed by atoms with Crippen LogP contribution in [-0.4, -0.2) is 15.9 Å². The van der Waals surface area contributed by atoms with E-state index in [9.17, 15) is 9.18 Å². The van der Waals surface area contributed by atoms with E-state index in [0.717, 1.165) is 6.07 Å². The Hall–Kier alpha value is -1.92. The van der Waals surface area contributed by atoms with Crippen LogP contribution < -0.4 is 11.1 Å². The molecule has 5 nitrogen and oxygen atoms in total. The number of carbonyl (C=O) groups excluding carboxylic acids is 1. The lowest BCUT2D eigenvalue weighted by atomic mass is 10.2. The van der Waals surface area contributed by atoms with E-state index in [4.69, 9.17) is 28.9 Å². The van der Waals surface area contributed by atoms with Crippen molar-refractivity contribution >= 4 is 40.6 Å². The number of nitrogen functional groups attached to an aromatic ring is 1. The number of nitrogens with zero attached hydrogens (tertiary/aromatic N) is 2. The van der Waals surface area contributed by atoms with Gasteiger partial charge in [-0.3, -0.25) is 4.79 Å². The van der Waals surface area contributed by atoms with Crippen molar-refractivity contribution in [2.75, 3.05) is 11.1 Å². The van der Waals surface area contributed by atoms with E-state index in [1.807, 2.05) is 0 Å². The summed E-state index contributed by atoms with van der Waals surface area (Å²) < 4.78 is 13.0. The zero-order valence-corrected chi connectivity index (χ0v) is 10.8. The second-order valence-corrected chi connectivity index (χ2v) is 4.26. The Morgan fingerprint density at radius 3 is 2.63 bits per heavy atom. The van der Waals surface area contributed by atoms with Crippen molar-refractivity contribution in [3.63, 3.8) is 0 Å². The normalized spacial score (nSPS) is 10.3. The topological polar surface area (TPSA) is 80.9 Å². The average Bonchev–Trinajstić information content (AvgIpc) is 2.31. The van der Waals surface area contributed by atoms with Gasteiger partial charge in [0, 0.05) is 11.6 Å². The summed E-state index contributed by atoms with van der Waals surface area (Å²) in [6.07, 6.45) is 0. The van der Waals surface area contributed by atoms with Gasteiger partial charge in [-0.2, -0.15) is 0 Å². The molecule has 0 saturated carbocycles. The van der Waals surface area contributed by atoms with Crippen LogP contribution in [0, 0.1) is 5.82 Å². The van der Waals surface area contributed by atoms with E-state index in [-0.39, 0.29) is 27.5 Å². The number of hydrogen-bond donors (Lipinski definition) is 2. The molecule has 0 bridgehead atoms. The molecule has 2 rings (SSSR count). The maximum Gasteiger partial charge on any atom is 0.256 e. The predicted molar refractivity (Wildman–Crippen MR) is 70.8 cm³/mol. The first-order chi connectivity index (χ1) is 8.95. The number of nitrogens with one attached hydrogen (secondary N) is 1. The summed E-state index contributed by atoms with van der Waals surface area (Å²) in [6, 6.07) is 4.95. The Balaban J connectivity index is 2.22. The van der Waals surface area contributed by atoms with Gasteiger partial charge in [-0.15, -0.1) is 0 Å². The number of nitrogens with two attached hydrogens (primary N) is 1. The highest BCUT2D eigenvalue weighted by molar-refractivity contribution is 6.32. The van der Waals surface area contributed by atoms with Crippen molar-refractivity contribution in [1.29, 1.82) is 0 Å². The highest BCUT2D eigenvalue weighted by atomic mass is 35.5. The Kier molecular flexibility index (Phi) is 3.82. The summed E-state index contributed by atoms with van der Waals surface area (Å²) in [4.78, 5) is 19.3. The molecule has 0 aliphatic heterocycles. The van der Waals surface area contributed by atoms with Gasteiger partial charge in [0.15, 0.2) is 0 Å². The summed E-state index contributed by atoms with van der Waals surface area (Å²) in [7, 11) is 0. The van der Waals surface area contributed by atoms with Crippen molar-refractivity contribution in [2.45, 2.75) is 0 Å². The maximum absolute atomic E-state index is 13.0. The zero-order valence-electron chi connectivity index (χ0n) is 9.32. The Bertz CT molecular complexity index is 630. The molecule has 0 spiro atoms. The molecule has 19 heavy (non-hydrogen) atoms. The molecule has 1 heterocycles. The van der Waals surface area contributed by atoms with Crippen molar-refractivity contribution < 1.29 is 9.18 Å². The predicted octanol–water partition coefficient (Wildman–Crippen LogP) is 2.76. The quantitative estimate of drug-likeness (QED) is 0.508. The fourth-order valence-corrected chi connectivity index (χ4v) is 1.74. The molecule has 2 aromatic rings. The molecule has 0 saturated heterocycles. The molecule has 0 aliphatic rings. The summed E-state index contributed by atoms with van der Waals surface area (Å²) in [5.74, 6) is -0.972. The third-order valence-electron chi connectivity index (χ3n) is 2.17. The molecule has 0 fully saturated rings. The number of halogens is 3. The van der Waals surface area contributed by atoms with Crippen LogP contribution in [0.1, 0.15) is 10.4 Å². The molecule has 1 aromatic carbocycles. The Morgan fingerprint density at radius 2 is 2.00 bits per heavy atom. The molecular formula is C11H7Cl2FN4O. The van der Waals surface area contributed by atoms with Crippen LogP contribution in [-0.2, 0) is 0 Å². The second kappa shape index (κ2) is 5.38. The van der Waals surface area contributed by atoms with Crippen LogP contribution in [0.25, 0.3) is 0 Å². The molecule has 0 unspecified atom stereocenters. The fraction of sp³-hybridized carbons (Fsp3) is 0. The third kappa shape index (κ3) is 3.30. The van der Waals surface area contributed by atoms with Crippen molar-refractivity contribution in [2.24, 2.45) is 0 Å². The first-order valence-corrected chi connectivity index (χ1v) is 5.78. The molecule has 8 heteroatoms. The van der Waals surface area contributed by atoms with Gasteiger partial charge in [0.1, 0.15) is 16.8 Å². The van der Waals surface area contributed by atoms with E-state index in [0.29, 0.717) is 0 Å². The van der Waals surface area contributed by atoms with E-state index in [2.05, 4.69) is 15.3 Å². The minimum atomic E-state index is -0.593. The van der Waals surface area contributed by atoms with Gasteiger partial charge in [-0.1, -0.05) is 11.6 Å². The number of rotatable bonds is 2. The van der Waals surface area contributed by atoms with Gasteiger partial charge in [0.2, 0.25) is 5.28 Å². The first-order valence-electron chi connectivity index (χ1n) is 5.02. The standard InChI is InChI=1S/C11H7Cl2FN4O/c12-8-4-9(18-11(13)16-8)17-10(19)5-1-2-6(14)7(15)3-5/h1-4H,15H2,(H,16,17,18,19). The minimum Gasteiger partial charge on any atom is -0.396 e. The molecule has 0 aliphatic carbocycles. The Labute approximate surface area is 117 Å². The highest BCUT2D eigenvalue weighted by Crippen LogP contribution is 2.17. The maximum atomic E-state index is 13.0. The van der Waals surface area contributed by atoms with Gasteiger partial charge in [-0.25, -0.2) is 14.4 Å². The number of aromatic nitrogens is 2. The number of carbonyl (C=O) groups is 1. The number of hydrogen-bond acceptors (Lipinski definition) is 4. The van der Waals surface area contributed by atoms with Crippen LogP contribution in [0.3, 0.4) is 0 Å². The van der Waals surface area contributed by atoms with Crippen LogP contribution in [0.2, 0.25) is 10.4 Å². The van der Waals surface area contributed by atoms with E-state index in [1.165, 1.54) is 18.2 Å². The van der Waals surface area contributed by atoms with Crippen molar-refractivity contribution in [3.8, 4) is 0 Å². The minimum absolute atomic E-state index is 0.0916. The van der Waals surface area contributed by atoms with Crippen LogP contribution in [0.5, 0.6) is 0 Å². The third-order valence-corrected chi connectivity index (χ3v) is 2.53. The molecule has 1 amide bonds. The van der Waals surface area contributed by atoms with Gasteiger partial charge in [-0.05, 0) is 29.8 Å². The van der Waals surface area contributed by atoms with Gasteiger partial charge in [0.25, 0.3) is 5.91 Å². The van der Waals surface area contributed by atoms with Gasteiger partial charge in [0.05, 0.1) is 5.69 Å². The molecular weight excluding hydrogens is 294 g/mol. The zero-order chi connectivity index (χ0) is 14.0. The molecule has 0 radical (unpaired) electrons. The average molecular weight is 301 g/mol. The molecule has 0 atom stereocenters. The second-order valence-electron chi connectivity index (χ2n) is 3.54.